The van der Waals surface area contributed by atoms with Gasteiger partial charge in [0.25, 0.3) is 11.8 Å². The Bertz CT molecular complexity index is 703. The van der Waals surface area contributed by atoms with Gasteiger partial charge in [0.1, 0.15) is 5.54 Å². The third-order valence-electron chi connectivity index (χ3n) is 3.93. The number of nitrogens with one attached hydrogen (secondary N) is 3. The smallest absolute Gasteiger partial charge is 0.344 e. The molecule has 1 fully saturated rings. The Morgan fingerprint density at radius 3 is 2.58 bits per heavy atom. The van der Waals surface area contributed by atoms with Crippen LogP contribution in [-0.4, -0.2) is 40.7 Å². The van der Waals surface area contributed by atoms with E-state index >= 15 is 0 Å². The first-order chi connectivity index (χ1) is 11.3. The lowest BCUT2D eigenvalue weighted by atomic mass is 10.00. The standard InChI is InChI=1S/C16H20N4O4/c1-4-16(3)14(23)20(15(24)18-16)19-13(22)9-17-12-7-5-6-11(8-12)10(2)21/h5-8,17H,4,9H2,1-3H3,(H,18,24)(H,19,22). The van der Waals surface area contributed by atoms with Crippen LogP contribution in [0.4, 0.5) is 10.5 Å². The number of anilines is 1. The summed E-state index contributed by atoms with van der Waals surface area (Å²) in [4.78, 5) is 47.3. The lowest BCUT2D eigenvalue weighted by Crippen LogP contribution is -2.50. The number of Topliss-reactive ketones (excluding diaryl/α,β-unsaturated/α-hetero) is 1. The minimum absolute atomic E-state index is 0.0821. The van der Waals surface area contributed by atoms with Gasteiger partial charge >= 0.3 is 6.03 Å². The van der Waals surface area contributed by atoms with Crippen molar-refractivity contribution >= 4 is 29.3 Å². The van der Waals surface area contributed by atoms with Gasteiger partial charge in [0.2, 0.25) is 0 Å². The number of carbonyl (C=O) groups is 4. The maximum absolute atomic E-state index is 12.2. The summed E-state index contributed by atoms with van der Waals surface area (Å²) in [6.07, 6.45) is 0.417. The predicted octanol–water partition coefficient (Wildman–Crippen LogP) is 1.05. The molecule has 1 aliphatic rings. The summed E-state index contributed by atoms with van der Waals surface area (Å²) in [5, 5.41) is 6.08. The van der Waals surface area contributed by atoms with E-state index in [1.165, 1.54) is 6.92 Å². The molecule has 1 aliphatic heterocycles. The molecule has 128 valence electrons. The van der Waals surface area contributed by atoms with Crippen molar-refractivity contribution in [2.45, 2.75) is 32.7 Å². The van der Waals surface area contributed by atoms with Crippen molar-refractivity contribution in [2.75, 3.05) is 11.9 Å². The minimum Gasteiger partial charge on any atom is -0.376 e. The summed E-state index contributed by atoms with van der Waals surface area (Å²) in [5.41, 5.74) is 2.39. The number of nitrogens with zero attached hydrogens (tertiary/aromatic N) is 1. The molecule has 1 unspecified atom stereocenters. The molecule has 8 nitrogen and oxygen atoms in total. The summed E-state index contributed by atoms with van der Waals surface area (Å²) in [6, 6.07) is 6.04. The third-order valence-corrected chi connectivity index (χ3v) is 3.93. The van der Waals surface area contributed by atoms with E-state index in [0.717, 1.165) is 0 Å². The fraction of sp³-hybridized carbons (Fsp3) is 0.375. The Hall–Kier alpha value is -2.90. The molecule has 8 heteroatoms. The highest BCUT2D eigenvalue weighted by Crippen LogP contribution is 2.19. The Kier molecular flexibility index (Phi) is 4.87. The topological polar surface area (TPSA) is 108 Å². The number of amides is 4. The van der Waals surface area contributed by atoms with E-state index < -0.39 is 23.4 Å². The van der Waals surface area contributed by atoms with Crippen LogP contribution >= 0.6 is 0 Å². The van der Waals surface area contributed by atoms with E-state index in [1.807, 2.05) is 0 Å². The van der Waals surface area contributed by atoms with Gasteiger partial charge in [-0.15, -0.1) is 0 Å². The second-order valence-electron chi connectivity index (χ2n) is 5.78. The highest BCUT2D eigenvalue weighted by atomic mass is 16.2. The summed E-state index contributed by atoms with van der Waals surface area (Å²) >= 11 is 0. The minimum atomic E-state index is -1.01. The number of hydrogen-bond acceptors (Lipinski definition) is 5. The fourth-order valence-electron chi connectivity index (χ4n) is 2.22. The van der Waals surface area contributed by atoms with Crippen LogP contribution in [0.1, 0.15) is 37.6 Å². The van der Waals surface area contributed by atoms with E-state index in [0.29, 0.717) is 22.7 Å². The fourth-order valence-corrected chi connectivity index (χ4v) is 2.22. The molecule has 0 bridgehead atoms. The SMILES string of the molecule is CCC1(C)NC(=O)N(NC(=O)CNc2cccc(C(C)=O)c2)C1=O. The van der Waals surface area contributed by atoms with Crippen LogP contribution in [0.3, 0.4) is 0 Å². The number of benzene rings is 1. The van der Waals surface area contributed by atoms with Crippen molar-refractivity contribution < 1.29 is 19.2 Å². The van der Waals surface area contributed by atoms with Crippen LogP contribution in [-0.2, 0) is 9.59 Å². The average Bonchev–Trinajstić information content (AvgIpc) is 2.77. The second kappa shape index (κ2) is 6.69. The van der Waals surface area contributed by atoms with Gasteiger partial charge in [-0.3, -0.25) is 19.8 Å². The van der Waals surface area contributed by atoms with Crippen LogP contribution < -0.4 is 16.1 Å². The molecule has 0 aromatic heterocycles. The lowest BCUT2D eigenvalue weighted by molar-refractivity contribution is -0.138. The maximum atomic E-state index is 12.2. The zero-order valence-electron chi connectivity index (χ0n) is 13.8. The Morgan fingerprint density at radius 1 is 1.29 bits per heavy atom. The molecule has 1 heterocycles. The Balaban J connectivity index is 1.94. The maximum Gasteiger partial charge on any atom is 0.344 e. The number of rotatable bonds is 6. The van der Waals surface area contributed by atoms with Gasteiger partial charge < -0.3 is 10.6 Å². The highest BCUT2D eigenvalue weighted by Gasteiger charge is 2.47. The van der Waals surface area contributed by atoms with E-state index in [4.69, 9.17) is 0 Å². The predicted molar refractivity (Wildman–Crippen MR) is 87.2 cm³/mol. The van der Waals surface area contributed by atoms with Gasteiger partial charge in [-0.2, -0.15) is 5.01 Å². The van der Waals surface area contributed by atoms with Crippen LogP contribution in [0.2, 0.25) is 0 Å². The molecule has 24 heavy (non-hydrogen) atoms. The van der Waals surface area contributed by atoms with E-state index in [1.54, 1.807) is 38.1 Å². The molecule has 0 spiro atoms. The van der Waals surface area contributed by atoms with Gasteiger partial charge in [0.05, 0.1) is 6.54 Å². The summed E-state index contributed by atoms with van der Waals surface area (Å²) in [7, 11) is 0. The number of carbonyl (C=O) groups excluding carboxylic acids is 4. The summed E-state index contributed by atoms with van der Waals surface area (Å²) < 4.78 is 0. The van der Waals surface area contributed by atoms with Gasteiger partial charge in [0.15, 0.2) is 5.78 Å². The molecule has 1 atom stereocenters. The van der Waals surface area contributed by atoms with Crippen LogP contribution in [0, 0.1) is 0 Å². The van der Waals surface area contributed by atoms with Gasteiger partial charge in [-0.1, -0.05) is 19.1 Å². The van der Waals surface area contributed by atoms with Crippen molar-refractivity contribution in [3.05, 3.63) is 29.8 Å². The normalized spacial score (nSPS) is 19.9. The summed E-state index contributed by atoms with van der Waals surface area (Å²) in [5.74, 6) is -1.13. The van der Waals surface area contributed by atoms with Crippen molar-refractivity contribution in [1.29, 1.82) is 0 Å². The first-order valence-electron chi connectivity index (χ1n) is 7.58. The molecular weight excluding hydrogens is 312 g/mol. The summed E-state index contributed by atoms with van der Waals surface area (Å²) in [6.45, 7) is 4.67. The van der Waals surface area contributed by atoms with Crippen molar-refractivity contribution in [3.8, 4) is 0 Å². The van der Waals surface area contributed by atoms with Crippen LogP contribution in [0.5, 0.6) is 0 Å². The Morgan fingerprint density at radius 2 is 2.00 bits per heavy atom. The van der Waals surface area contributed by atoms with Crippen molar-refractivity contribution in [3.63, 3.8) is 0 Å². The van der Waals surface area contributed by atoms with Gasteiger partial charge in [-0.05, 0) is 32.4 Å². The monoisotopic (exact) mass is 332 g/mol. The number of hydrazine groups is 1. The number of hydrogen-bond donors (Lipinski definition) is 3. The zero-order valence-corrected chi connectivity index (χ0v) is 13.8. The molecule has 3 N–H and O–H groups in total. The molecule has 4 amide bonds. The zero-order chi connectivity index (χ0) is 17.9. The van der Waals surface area contributed by atoms with Gasteiger partial charge in [0, 0.05) is 11.3 Å². The van der Waals surface area contributed by atoms with Gasteiger partial charge in [-0.25, -0.2) is 4.79 Å². The van der Waals surface area contributed by atoms with Crippen molar-refractivity contribution in [2.24, 2.45) is 0 Å². The largest absolute Gasteiger partial charge is 0.376 e. The molecule has 0 saturated carbocycles. The highest BCUT2D eigenvalue weighted by molar-refractivity contribution is 6.07. The quantitative estimate of drug-likeness (QED) is 0.533. The molecule has 2 rings (SSSR count). The average molecular weight is 332 g/mol. The number of imide groups is 1. The molecule has 1 aromatic rings. The Labute approximate surface area is 139 Å². The molecule has 1 aromatic carbocycles. The first-order valence-corrected chi connectivity index (χ1v) is 7.58. The van der Waals surface area contributed by atoms with E-state index in [2.05, 4.69) is 16.1 Å². The van der Waals surface area contributed by atoms with E-state index in [-0.39, 0.29) is 12.3 Å². The lowest BCUT2D eigenvalue weighted by Gasteiger charge is -2.19. The molecular formula is C16H20N4O4. The molecule has 0 radical (unpaired) electrons. The van der Waals surface area contributed by atoms with Crippen LogP contribution in [0.25, 0.3) is 0 Å². The molecule has 0 aliphatic carbocycles. The number of urea groups is 1. The number of ketones is 1. The first kappa shape index (κ1) is 17.5. The second-order valence-corrected chi connectivity index (χ2v) is 5.78. The van der Waals surface area contributed by atoms with E-state index in [9.17, 15) is 19.2 Å². The third kappa shape index (κ3) is 3.53. The molecule has 1 saturated heterocycles. The van der Waals surface area contributed by atoms with Crippen molar-refractivity contribution in [1.82, 2.24) is 15.8 Å². The van der Waals surface area contributed by atoms with Crippen LogP contribution in [0.15, 0.2) is 24.3 Å².